The SMILES string of the molecule is COc1cc(NC(=O)N2CCSCC2)ccc1Br. The summed E-state index contributed by atoms with van der Waals surface area (Å²) in [4.78, 5) is 13.8. The Morgan fingerprint density at radius 2 is 2.17 bits per heavy atom. The van der Waals surface area contributed by atoms with Crippen molar-refractivity contribution in [3.05, 3.63) is 22.7 Å². The van der Waals surface area contributed by atoms with Gasteiger partial charge in [-0.15, -0.1) is 0 Å². The Morgan fingerprint density at radius 1 is 1.44 bits per heavy atom. The number of amides is 2. The monoisotopic (exact) mass is 330 g/mol. The molecule has 1 aromatic rings. The van der Waals surface area contributed by atoms with Crippen LogP contribution in [0.25, 0.3) is 0 Å². The van der Waals surface area contributed by atoms with E-state index in [1.54, 1.807) is 13.2 Å². The Balaban J connectivity index is 2.02. The van der Waals surface area contributed by atoms with Gasteiger partial charge in [0.1, 0.15) is 5.75 Å². The van der Waals surface area contributed by atoms with Gasteiger partial charge in [0.15, 0.2) is 0 Å². The molecule has 1 aromatic carbocycles. The second-order valence-corrected chi connectivity index (χ2v) is 5.96. The summed E-state index contributed by atoms with van der Waals surface area (Å²) in [6.07, 6.45) is 0. The van der Waals surface area contributed by atoms with Crippen LogP contribution < -0.4 is 10.1 Å². The number of nitrogens with one attached hydrogen (secondary N) is 1. The minimum Gasteiger partial charge on any atom is -0.495 e. The lowest BCUT2D eigenvalue weighted by Crippen LogP contribution is -2.40. The second-order valence-electron chi connectivity index (χ2n) is 3.88. The van der Waals surface area contributed by atoms with E-state index in [-0.39, 0.29) is 6.03 Å². The lowest BCUT2D eigenvalue weighted by molar-refractivity contribution is 0.217. The highest BCUT2D eigenvalue weighted by molar-refractivity contribution is 9.10. The number of ether oxygens (including phenoxy) is 1. The summed E-state index contributed by atoms with van der Waals surface area (Å²) in [7, 11) is 1.60. The molecule has 0 radical (unpaired) electrons. The van der Waals surface area contributed by atoms with E-state index >= 15 is 0 Å². The Bertz CT molecular complexity index is 436. The fraction of sp³-hybridized carbons (Fsp3) is 0.417. The molecule has 0 aromatic heterocycles. The number of benzene rings is 1. The molecule has 1 heterocycles. The van der Waals surface area contributed by atoms with Gasteiger partial charge >= 0.3 is 6.03 Å². The third-order valence-corrected chi connectivity index (χ3v) is 4.30. The van der Waals surface area contributed by atoms with Crippen molar-refractivity contribution in [2.75, 3.05) is 37.0 Å². The molecule has 4 nitrogen and oxygen atoms in total. The van der Waals surface area contributed by atoms with Gasteiger partial charge in [-0.05, 0) is 28.1 Å². The number of carbonyl (C=O) groups is 1. The molecular formula is C12H15BrN2O2S. The number of rotatable bonds is 2. The molecule has 1 aliphatic heterocycles. The van der Waals surface area contributed by atoms with Crippen molar-refractivity contribution in [1.82, 2.24) is 4.90 Å². The van der Waals surface area contributed by atoms with Crippen LogP contribution >= 0.6 is 27.7 Å². The summed E-state index contributed by atoms with van der Waals surface area (Å²) >= 11 is 5.27. The Hall–Kier alpha value is -0.880. The van der Waals surface area contributed by atoms with Gasteiger partial charge in [-0.3, -0.25) is 0 Å². The second kappa shape index (κ2) is 6.33. The highest BCUT2D eigenvalue weighted by Gasteiger charge is 2.16. The van der Waals surface area contributed by atoms with E-state index in [2.05, 4.69) is 21.2 Å². The first-order valence-corrected chi connectivity index (χ1v) is 7.62. The first-order valence-electron chi connectivity index (χ1n) is 5.68. The highest BCUT2D eigenvalue weighted by Crippen LogP contribution is 2.28. The van der Waals surface area contributed by atoms with E-state index in [9.17, 15) is 4.79 Å². The van der Waals surface area contributed by atoms with Crippen molar-refractivity contribution in [2.45, 2.75) is 0 Å². The van der Waals surface area contributed by atoms with Crippen molar-refractivity contribution in [1.29, 1.82) is 0 Å². The third kappa shape index (κ3) is 3.32. The quantitative estimate of drug-likeness (QED) is 0.906. The third-order valence-electron chi connectivity index (χ3n) is 2.70. The zero-order valence-electron chi connectivity index (χ0n) is 10.1. The maximum Gasteiger partial charge on any atom is 0.321 e. The Kier molecular flexibility index (Phi) is 4.77. The summed E-state index contributed by atoms with van der Waals surface area (Å²) in [6, 6.07) is 5.48. The lowest BCUT2D eigenvalue weighted by atomic mass is 10.3. The summed E-state index contributed by atoms with van der Waals surface area (Å²) in [6.45, 7) is 1.62. The number of carbonyl (C=O) groups excluding carboxylic acids is 1. The molecular weight excluding hydrogens is 316 g/mol. The van der Waals surface area contributed by atoms with Crippen molar-refractivity contribution in [3.8, 4) is 5.75 Å². The molecule has 0 aliphatic carbocycles. The van der Waals surface area contributed by atoms with Crippen molar-refractivity contribution in [2.24, 2.45) is 0 Å². The predicted octanol–water partition coefficient (Wildman–Crippen LogP) is 3.04. The number of methoxy groups -OCH3 is 1. The van der Waals surface area contributed by atoms with E-state index in [1.807, 2.05) is 28.8 Å². The van der Waals surface area contributed by atoms with Crippen LogP contribution in [0.4, 0.5) is 10.5 Å². The largest absolute Gasteiger partial charge is 0.495 e. The molecule has 1 fully saturated rings. The zero-order chi connectivity index (χ0) is 13.0. The molecule has 98 valence electrons. The topological polar surface area (TPSA) is 41.6 Å². The Morgan fingerprint density at radius 3 is 2.83 bits per heavy atom. The Labute approximate surface area is 119 Å². The van der Waals surface area contributed by atoms with E-state index in [0.717, 1.165) is 34.8 Å². The van der Waals surface area contributed by atoms with Gasteiger partial charge in [0.25, 0.3) is 0 Å². The molecule has 0 atom stereocenters. The van der Waals surface area contributed by atoms with Crippen LogP contribution in [0.2, 0.25) is 0 Å². The van der Waals surface area contributed by atoms with E-state index in [0.29, 0.717) is 5.75 Å². The summed E-state index contributed by atoms with van der Waals surface area (Å²) in [5.74, 6) is 2.73. The molecule has 6 heteroatoms. The van der Waals surface area contributed by atoms with Crippen molar-refractivity contribution >= 4 is 39.4 Å². The van der Waals surface area contributed by atoms with Gasteiger partial charge < -0.3 is 15.0 Å². The van der Waals surface area contributed by atoms with E-state index in [1.165, 1.54) is 0 Å². The fourth-order valence-electron chi connectivity index (χ4n) is 1.71. The zero-order valence-corrected chi connectivity index (χ0v) is 12.5. The van der Waals surface area contributed by atoms with E-state index in [4.69, 9.17) is 4.74 Å². The van der Waals surface area contributed by atoms with Crippen molar-refractivity contribution < 1.29 is 9.53 Å². The van der Waals surface area contributed by atoms with Gasteiger partial charge in [0.05, 0.1) is 11.6 Å². The highest BCUT2D eigenvalue weighted by atomic mass is 79.9. The molecule has 0 bridgehead atoms. The smallest absolute Gasteiger partial charge is 0.321 e. The maximum absolute atomic E-state index is 12.0. The van der Waals surface area contributed by atoms with Gasteiger partial charge in [-0.2, -0.15) is 11.8 Å². The molecule has 1 aliphatic rings. The molecule has 0 unspecified atom stereocenters. The number of halogens is 1. The molecule has 1 N–H and O–H groups in total. The van der Waals surface area contributed by atoms with Crippen molar-refractivity contribution in [3.63, 3.8) is 0 Å². The average Bonchev–Trinajstić information content (AvgIpc) is 2.42. The number of hydrogen-bond donors (Lipinski definition) is 1. The summed E-state index contributed by atoms with van der Waals surface area (Å²) in [5, 5.41) is 2.89. The number of urea groups is 1. The molecule has 0 spiro atoms. The van der Waals surface area contributed by atoms with Crippen LogP contribution in [0.5, 0.6) is 5.75 Å². The fourth-order valence-corrected chi connectivity index (χ4v) is 3.02. The first-order chi connectivity index (χ1) is 8.70. The minimum atomic E-state index is -0.0420. The van der Waals surface area contributed by atoms with Crippen LogP contribution in [-0.2, 0) is 0 Å². The van der Waals surface area contributed by atoms with Crippen LogP contribution in [0.3, 0.4) is 0 Å². The maximum atomic E-state index is 12.0. The molecule has 2 rings (SSSR count). The van der Waals surface area contributed by atoms with Gasteiger partial charge in [-0.1, -0.05) is 0 Å². The molecule has 2 amide bonds. The average molecular weight is 331 g/mol. The van der Waals surface area contributed by atoms with Crippen LogP contribution in [0.15, 0.2) is 22.7 Å². The van der Waals surface area contributed by atoms with E-state index < -0.39 is 0 Å². The number of anilines is 1. The molecule has 18 heavy (non-hydrogen) atoms. The summed E-state index contributed by atoms with van der Waals surface area (Å²) in [5.41, 5.74) is 0.748. The normalized spacial score (nSPS) is 15.3. The lowest BCUT2D eigenvalue weighted by Gasteiger charge is -2.26. The van der Waals surface area contributed by atoms with Gasteiger partial charge in [0.2, 0.25) is 0 Å². The number of hydrogen-bond acceptors (Lipinski definition) is 3. The summed E-state index contributed by atoms with van der Waals surface area (Å²) < 4.78 is 6.07. The first kappa shape index (κ1) is 13.5. The van der Waals surface area contributed by atoms with Gasteiger partial charge in [-0.25, -0.2) is 4.79 Å². The van der Waals surface area contributed by atoms with Crippen LogP contribution in [0.1, 0.15) is 0 Å². The molecule has 0 saturated carbocycles. The van der Waals surface area contributed by atoms with Gasteiger partial charge in [0, 0.05) is 36.3 Å². The molecule has 1 saturated heterocycles. The predicted molar refractivity (Wildman–Crippen MR) is 78.6 cm³/mol. The van der Waals surface area contributed by atoms with Crippen LogP contribution in [-0.4, -0.2) is 42.6 Å². The number of thioether (sulfide) groups is 1. The minimum absolute atomic E-state index is 0.0420. The van der Waals surface area contributed by atoms with Crippen LogP contribution in [0, 0.1) is 0 Å². The number of nitrogens with zero attached hydrogens (tertiary/aromatic N) is 1. The standard InChI is InChI=1S/C12H15BrN2O2S/c1-17-11-8-9(2-3-10(11)13)14-12(16)15-4-6-18-7-5-15/h2-3,8H,4-7H2,1H3,(H,14,16).